The van der Waals surface area contributed by atoms with Crippen LogP contribution < -0.4 is 0 Å². The van der Waals surface area contributed by atoms with Crippen LogP contribution in [0.15, 0.2) is 0 Å². The molecule has 0 bridgehead atoms. The number of ether oxygens (including phenoxy) is 1. The predicted octanol–water partition coefficient (Wildman–Crippen LogP) is 3.52. The van der Waals surface area contributed by atoms with Crippen LogP contribution in [-0.4, -0.2) is 12.2 Å². The Hall–Kier alpha value is -0.550. The molecule has 0 radical (unpaired) electrons. The van der Waals surface area contributed by atoms with Crippen LogP contribution in [0, 0.1) is 16.7 Å². The highest BCUT2D eigenvalue weighted by molar-refractivity contribution is 4.91. The van der Waals surface area contributed by atoms with E-state index in [1.54, 1.807) is 0 Å². The van der Waals surface area contributed by atoms with Gasteiger partial charge < -0.3 is 4.74 Å². The summed E-state index contributed by atoms with van der Waals surface area (Å²) >= 11 is 0. The maximum absolute atomic E-state index is 8.80. The first-order chi connectivity index (χ1) is 6.27. The first kappa shape index (κ1) is 13.4. The lowest BCUT2D eigenvalue weighted by atomic mass is 9.89. The molecule has 0 amide bonds. The highest BCUT2D eigenvalue weighted by atomic mass is 16.5. The number of nitrogens with zero attached hydrogens (tertiary/aromatic N) is 1. The van der Waals surface area contributed by atoms with Crippen molar-refractivity contribution < 1.29 is 4.74 Å². The van der Waals surface area contributed by atoms with E-state index < -0.39 is 0 Å². The molecule has 0 atom stereocenters. The van der Waals surface area contributed by atoms with Gasteiger partial charge in [0.15, 0.2) is 0 Å². The first-order valence-corrected chi connectivity index (χ1v) is 5.32. The Balaban J connectivity index is 3.45. The van der Waals surface area contributed by atoms with E-state index in [0.29, 0.717) is 0 Å². The van der Waals surface area contributed by atoms with Crippen LogP contribution in [0.4, 0.5) is 0 Å². The fraction of sp³-hybridized carbons (Fsp3) is 0.917. The van der Waals surface area contributed by atoms with Crippen LogP contribution >= 0.6 is 0 Å². The van der Waals surface area contributed by atoms with Crippen molar-refractivity contribution in [2.24, 2.45) is 5.41 Å². The van der Waals surface area contributed by atoms with Gasteiger partial charge in [-0.15, -0.1) is 0 Å². The van der Waals surface area contributed by atoms with Gasteiger partial charge in [0.05, 0.1) is 17.1 Å². The molecule has 0 aromatic carbocycles. The van der Waals surface area contributed by atoms with Crippen LogP contribution in [0.25, 0.3) is 0 Å². The molecule has 0 aromatic heterocycles. The van der Waals surface area contributed by atoms with E-state index in [1.165, 1.54) is 0 Å². The van der Waals surface area contributed by atoms with Crippen LogP contribution in [0.5, 0.6) is 0 Å². The third kappa shape index (κ3) is 8.07. The van der Waals surface area contributed by atoms with E-state index in [1.807, 2.05) is 13.8 Å². The Morgan fingerprint density at radius 3 is 2.07 bits per heavy atom. The Bertz CT molecular complexity index is 195. The van der Waals surface area contributed by atoms with Gasteiger partial charge in [-0.25, -0.2) is 0 Å². The van der Waals surface area contributed by atoms with Gasteiger partial charge >= 0.3 is 0 Å². The van der Waals surface area contributed by atoms with Gasteiger partial charge in [-0.05, 0) is 53.9 Å². The number of unbranched alkanes of at least 4 members (excludes halogenated alkanes) is 1. The summed E-state index contributed by atoms with van der Waals surface area (Å²) in [4.78, 5) is 0. The van der Waals surface area contributed by atoms with Crippen molar-refractivity contribution in [1.29, 1.82) is 5.26 Å². The number of hydrogen-bond acceptors (Lipinski definition) is 2. The van der Waals surface area contributed by atoms with Crippen LogP contribution in [0.1, 0.15) is 53.9 Å². The monoisotopic (exact) mass is 197 g/mol. The molecule has 0 spiro atoms. The van der Waals surface area contributed by atoms with Gasteiger partial charge in [-0.2, -0.15) is 5.26 Å². The second kappa shape index (κ2) is 5.36. The molecule has 0 rings (SSSR count). The second-order valence-electron chi connectivity index (χ2n) is 5.41. The van der Waals surface area contributed by atoms with E-state index in [0.717, 1.165) is 25.9 Å². The summed E-state index contributed by atoms with van der Waals surface area (Å²) in [6.07, 6.45) is 3.07. The molecule has 0 fully saturated rings. The summed E-state index contributed by atoms with van der Waals surface area (Å²) in [6, 6.07) is 2.31. The van der Waals surface area contributed by atoms with E-state index in [4.69, 9.17) is 10.00 Å². The molecule has 2 nitrogen and oxygen atoms in total. The third-order valence-corrected chi connectivity index (χ3v) is 2.03. The fourth-order valence-corrected chi connectivity index (χ4v) is 1.10. The first-order valence-electron chi connectivity index (χ1n) is 5.32. The molecule has 0 N–H and O–H groups in total. The van der Waals surface area contributed by atoms with Gasteiger partial charge in [-0.1, -0.05) is 0 Å². The Labute approximate surface area is 88.3 Å². The van der Waals surface area contributed by atoms with Gasteiger partial charge in [0.1, 0.15) is 0 Å². The molecule has 14 heavy (non-hydrogen) atoms. The average Bonchev–Trinajstić information content (AvgIpc) is 2.01. The lowest BCUT2D eigenvalue weighted by molar-refractivity contribution is -0.00515. The fourth-order valence-electron chi connectivity index (χ4n) is 1.10. The highest BCUT2D eigenvalue weighted by Crippen LogP contribution is 2.21. The molecule has 0 aromatic rings. The summed E-state index contributed by atoms with van der Waals surface area (Å²) in [5.74, 6) is 0. The lowest BCUT2D eigenvalue weighted by Crippen LogP contribution is -2.19. The topological polar surface area (TPSA) is 33.0 Å². The van der Waals surface area contributed by atoms with Gasteiger partial charge in [0.25, 0.3) is 0 Å². The zero-order valence-electron chi connectivity index (χ0n) is 10.2. The van der Waals surface area contributed by atoms with Crippen LogP contribution in [0.3, 0.4) is 0 Å². The third-order valence-electron chi connectivity index (χ3n) is 2.03. The molecular weight excluding hydrogens is 174 g/mol. The summed E-state index contributed by atoms with van der Waals surface area (Å²) in [7, 11) is 0. The van der Waals surface area contributed by atoms with Crippen molar-refractivity contribution in [3.8, 4) is 6.07 Å². The van der Waals surface area contributed by atoms with Crippen molar-refractivity contribution in [3.63, 3.8) is 0 Å². The van der Waals surface area contributed by atoms with E-state index in [2.05, 4.69) is 26.8 Å². The molecule has 0 aliphatic carbocycles. The predicted molar refractivity (Wildman–Crippen MR) is 59.0 cm³/mol. The maximum atomic E-state index is 8.80. The second-order valence-corrected chi connectivity index (χ2v) is 5.41. The molecule has 0 aliphatic rings. The SMILES string of the molecule is CC(C)(C#N)CCCCOC(C)(C)C. The summed E-state index contributed by atoms with van der Waals surface area (Å²) in [5.41, 5.74) is -0.216. The summed E-state index contributed by atoms with van der Waals surface area (Å²) in [6.45, 7) is 10.9. The van der Waals surface area contributed by atoms with Crippen molar-refractivity contribution in [3.05, 3.63) is 0 Å². The van der Waals surface area contributed by atoms with Crippen molar-refractivity contribution >= 4 is 0 Å². The normalized spacial score (nSPS) is 12.6. The molecule has 0 saturated heterocycles. The van der Waals surface area contributed by atoms with E-state index in [9.17, 15) is 0 Å². The van der Waals surface area contributed by atoms with Crippen molar-refractivity contribution in [1.82, 2.24) is 0 Å². The molecule has 2 heteroatoms. The van der Waals surface area contributed by atoms with Crippen molar-refractivity contribution in [2.45, 2.75) is 59.5 Å². The Kier molecular flexibility index (Phi) is 5.15. The number of hydrogen-bond donors (Lipinski definition) is 0. The number of rotatable bonds is 5. The average molecular weight is 197 g/mol. The van der Waals surface area contributed by atoms with Gasteiger partial charge in [-0.3, -0.25) is 0 Å². The molecule has 0 aliphatic heterocycles. The quantitative estimate of drug-likeness (QED) is 0.632. The molecule has 82 valence electrons. The highest BCUT2D eigenvalue weighted by Gasteiger charge is 2.16. The van der Waals surface area contributed by atoms with Gasteiger partial charge in [0, 0.05) is 6.61 Å². The molecule has 0 unspecified atom stereocenters. The Morgan fingerprint density at radius 1 is 1.07 bits per heavy atom. The smallest absolute Gasteiger partial charge is 0.0683 e. The minimum atomic E-state index is -0.179. The standard InChI is InChI=1S/C12H23NO/c1-11(2,3)14-9-7-6-8-12(4,5)10-13/h6-9H2,1-5H3. The van der Waals surface area contributed by atoms with Crippen molar-refractivity contribution in [2.75, 3.05) is 6.61 Å². The minimum absolute atomic E-state index is 0.0370. The Morgan fingerprint density at radius 2 is 1.64 bits per heavy atom. The van der Waals surface area contributed by atoms with Crippen LogP contribution in [0.2, 0.25) is 0 Å². The van der Waals surface area contributed by atoms with Gasteiger partial charge in [0.2, 0.25) is 0 Å². The maximum Gasteiger partial charge on any atom is 0.0683 e. The van der Waals surface area contributed by atoms with E-state index >= 15 is 0 Å². The van der Waals surface area contributed by atoms with Crippen LogP contribution in [-0.2, 0) is 4.74 Å². The largest absolute Gasteiger partial charge is 0.376 e. The summed E-state index contributed by atoms with van der Waals surface area (Å²) < 4.78 is 5.59. The zero-order chi connectivity index (χ0) is 11.2. The summed E-state index contributed by atoms with van der Waals surface area (Å²) in [5, 5.41) is 8.80. The molecule has 0 heterocycles. The molecular formula is C12H23NO. The molecule has 0 saturated carbocycles. The lowest BCUT2D eigenvalue weighted by Gasteiger charge is -2.20. The number of nitriles is 1. The zero-order valence-corrected chi connectivity index (χ0v) is 10.2. The van der Waals surface area contributed by atoms with E-state index in [-0.39, 0.29) is 11.0 Å². The minimum Gasteiger partial charge on any atom is -0.376 e.